The summed E-state index contributed by atoms with van der Waals surface area (Å²) in [6.07, 6.45) is 1.06. The number of nitrogens with zero attached hydrogens (tertiary/aromatic N) is 1. The Morgan fingerprint density at radius 2 is 2.00 bits per heavy atom. The molecule has 0 spiro atoms. The van der Waals surface area contributed by atoms with Crippen molar-refractivity contribution >= 4 is 17.3 Å². The number of hydrogen-bond acceptors (Lipinski definition) is 2. The fourth-order valence-corrected chi connectivity index (χ4v) is 3.53. The van der Waals surface area contributed by atoms with E-state index in [-0.39, 0.29) is 0 Å². The average Bonchev–Trinajstić information content (AvgIpc) is 2.69. The number of rotatable bonds is 3. The van der Waals surface area contributed by atoms with Crippen molar-refractivity contribution < 1.29 is 0 Å². The normalized spacial score (nSPS) is 18.6. The smallest absolute Gasteiger partial charge is 0.0640 e. The minimum absolute atomic E-state index is 0.401. The Hall–Kier alpha value is -1.51. The number of anilines is 1. The Kier molecular flexibility index (Phi) is 4.70. The van der Waals surface area contributed by atoms with E-state index in [0.717, 1.165) is 36.8 Å². The summed E-state index contributed by atoms with van der Waals surface area (Å²) in [5.41, 5.74) is 5.22. The van der Waals surface area contributed by atoms with E-state index in [9.17, 15) is 0 Å². The molecular formula is C19H23ClN2. The Bertz CT molecular complexity index is 639. The lowest BCUT2D eigenvalue weighted by molar-refractivity contribution is 0.338. The standard InChI is InChI=1S/C19H23ClN2/c1-3-21-19-12-16-15(11-18(19)20)9-10-22(2)13-17(16)14-7-5-4-6-8-14/h4-8,11-12,17,21H,3,9-10,13H2,1-2H3/t17-/m1/s1. The maximum atomic E-state index is 6.45. The summed E-state index contributed by atoms with van der Waals surface area (Å²) < 4.78 is 0. The molecule has 116 valence electrons. The number of fused-ring (bicyclic) bond motifs is 1. The average molecular weight is 315 g/mol. The molecule has 0 radical (unpaired) electrons. The van der Waals surface area contributed by atoms with Gasteiger partial charge in [0.15, 0.2) is 0 Å². The highest BCUT2D eigenvalue weighted by Crippen LogP contribution is 2.36. The fourth-order valence-electron chi connectivity index (χ4n) is 3.28. The van der Waals surface area contributed by atoms with Crippen molar-refractivity contribution in [3.63, 3.8) is 0 Å². The molecule has 0 aromatic heterocycles. The van der Waals surface area contributed by atoms with Gasteiger partial charge in [0.25, 0.3) is 0 Å². The van der Waals surface area contributed by atoms with Crippen molar-refractivity contribution in [2.24, 2.45) is 0 Å². The van der Waals surface area contributed by atoms with Crippen molar-refractivity contribution in [3.8, 4) is 0 Å². The molecule has 3 heteroatoms. The number of nitrogens with one attached hydrogen (secondary N) is 1. The van der Waals surface area contributed by atoms with Crippen LogP contribution in [0.3, 0.4) is 0 Å². The lowest BCUT2D eigenvalue weighted by Gasteiger charge is -2.23. The van der Waals surface area contributed by atoms with Crippen LogP contribution in [0.2, 0.25) is 5.02 Å². The predicted octanol–water partition coefficient (Wildman–Crippen LogP) is 4.39. The Balaban J connectivity index is 2.09. The third kappa shape index (κ3) is 3.13. The van der Waals surface area contributed by atoms with Crippen LogP contribution >= 0.6 is 11.6 Å². The molecule has 2 aromatic rings. The molecule has 0 unspecified atom stereocenters. The molecule has 1 atom stereocenters. The number of hydrogen-bond donors (Lipinski definition) is 1. The molecule has 0 amide bonds. The van der Waals surface area contributed by atoms with Crippen LogP contribution in [-0.2, 0) is 6.42 Å². The van der Waals surface area contributed by atoms with Crippen LogP contribution in [-0.4, -0.2) is 31.6 Å². The highest BCUT2D eigenvalue weighted by atomic mass is 35.5. The zero-order valence-electron chi connectivity index (χ0n) is 13.3. The summed E-state index contributed by atoms with van der Waals surface area (Å²) in [5.74, 6) is 0.401. The molecule has 2 nitrogen and oxygen atoms in total. The second-order valence-electron chi connectivity index (χ2n) is 6.04. The molecule has 2 aromatic carbocycles. The zero-order chi connectivity index (χ0) is 15.5. The van der Waals surface area contributed by atoms with Gasteiger partial charge in [-0.15, -0.1) is 0 Å². The maximum absolute atomic E-state index is 6.45. The number of halogens is 1. The van der Waals surface area contributed by atoms with Crippen LogP contribution < -0.4 is 5.32 Å². The van der Waals surface area contributed by atoms with Crippen LogP contribution in [0.4, 0.5) is 5.69 Å². The second-order valence-corrected chi connectivity index (χ2v) is 6.44. The van der Waals surface area contributed by atoms with E-state index >= 15 is 0 Å². The summed E-state index contributed by atoms with van der Waals surface area (Å²) in [4.78, 5) is 2.42. The van der Waals surface area contributed by atoms with Crippen molar-refractivity contribution in [2.75, 3.05) is 32.0 Å². The van der Waals surface area contributed by atoms with Crippen LogP contribution in [0.15, 0.2) is 42.5 Å². The first-order valence-electron chi connectivity index (χ1n) is 7.98. The Labute approximate surface area is 138 Å². The van der Waals surface area contributed by atoms with E-state index in [4.69, 9.17) is 11.6 Å². The van der Waals surface area contributed by atoms with Gasteiger partial charge in [0, 0.05) is 25.6 Å². The summed E-state index contributed by atoms with van der Waals surface area (Å²) in [5, 5.41) is 4.21. The quantitative estimate of drug-likeness (QED) is 0.903. The van der Waals surface area contributed by atoms with Crippen molar-refractivity contribution in [1.29, 1.82) is 0 Å². The summed E-state index contributed by atoms with van der Waals surface area (Å²) in [6.45, 7) is 5.11. The number of benzene rings is 2. The third-order valence-corrected chi connectivity index (χ3v) is 4.74. The van der Waals surface area contributed by atoms with Crippen molar-refractivity contribution in [2.45, 2.75) is 19.3 Å². The first kappa shape index (κ1) is 15.4. The van der Waals surface area contributed by atoms with E-state index in [1.165, 1.54) is 16.7 Å². The molecule has 0 bridgehead atoms. The van der Waals surface area contributed by atoms with Gasteiger partial charge in [-0.1, -0.05) is 41.9 Å². The summed E-state index contributed by atoms with van der Waals surface area (Å²) in [7, 11) is 2.20. The molecule has 0 fully saturated rings. The lowest BCUT2D eigenvalue weighted by atomic mass is 9.87. The van der Waals surface area contributed by atoms with Gasteiger partial charge < -0.3 is 10.2 Å². The predicted molar refractivity (Wildman–Crippen MR) is 95.1 cm³/mol. The van der Waals surface area contributed by atoms with Gasteiger partial charge >= 0.3 is 0 Å². The SMILES string of the molecule is CCNc1cc2c(cc1Cl)CCN(C)C[C@@H]2c1ccccc1. The maximum Gasteiger partial charge on any atom is 0.0640 e. The molecule has 22 heavy (non-hydrogen) atoms. The molecule has 0 saturated heterocycles. The van der Waals surface area contributed by atoms with Gasteiger partial charge in [-0.2, -0.15) is 0 Å². The zero-order valence-corrected chi connectivity index (χ0v) is 14.0. The van der Waals surface area contributed by atoms with E-state index in [1.54, 1.807) is 0 Å². The first-order chi connectivity index (χ1) is 10.7. The second kappa shape index (κ2) is 6.72. The lowest BCUT2D eigenvalue weighted by Crippen LogP contribution is -2.24. The van der Waals surface area contributed by atoms with Crippen LogP contribution in [0.5, 0.6) is 0 Å². The Morgan fingerprint density at radius 3 is 2.73 bits per heavy atom. The largest absolute Gasteiger partial charge is 0.384 e. The Morgan fingerprint density at radius 1 is 1.23 bits per heavy atom. The first-order valence-corrected chi connectivity index (χ1v) is 8.36. The topological polar surface area (TPSA) is 15.3 Å². The molecule has 1 heterocycles. The van der Waals surface area contributed by atoms with E-state index in [1.807, 2.05) is 0 Å². The number of likely N-dealkylation sites (N-methyl/N-ethyl adjacent to an activating group) is 1. The van der Waals surface area contributed by atoms with Crippen molar-refractivity contribution in [3.05, 3.63) is 64.2 Å². The van der Waals surface area contributed by atoms with Crippen LogP contribution in [0.25, 0.3) is 0 Å². The summed E-state index contributed by atoms with van der Waals surface area (Å²) in [6, 6.07) is 15.2. The molecule has 1 aliphatic heterocycles. The molecule has 1 aliphatic rings. The highest BCUT2D eigenvalue weighted by molar-refractivity contribution is 6.33. The van der Waals surface area contributed by atoms with Gasteiger partial charge in [0.2, 0.25) is 0 Å². The van der Waals surface area contributed by atoms with E-state index < -0.39 is 0 Å². The van der Waals surface area contributed by atoms with Gasteiger partial charge in [-0.05, 0) is 49.2 Å². The van der Waals surface area contributed by atoms with Crippen molar-refractivity contribution in [1.82, 2.24) is 4.90 Å². The minimum atomic E-state index is 0.401. The fraction of sp³-hybridized carbons (Fsp3) is 0.368. The molecule has 1 N–H and O–H groups in total. The molecule has 0 saturated carbocycles. The van der Waals surface area contributed by atoms with Gasteiger partial charge in [0.1, 0.15) is 0 Å². The molecule has 0 aliphatic carbocycles. The molecule has 3 rings (SSSR count). The minimum Gasteiger partial charge on any atom is -0.384 e. The van der Waals surface area contributed by atoms with E-state index in [0.29, 0.717) is 5.92 Å². The molecular weight excluding hydrogens is 292 g/mol. The monoisotopic (exact) mass is 314 g/mol. The van der Waals surface area contributed by atoms with Crippen LogP contribution in [0, 0.1) is 0 Å². The van der Waals surface area contributed by atoms with E-state index in [2.05, 4.69) is 66.7 Å². The van der Waals surface area contributed by atoms with Crippen LogP contribution in [0.1, 0.15) is 29.5 Å². The van der Waals surface area contributed by atoms with Gasteiger partial charge in [0.05, 0.1) is 10.7 Å². The highest BCUT2D eigenvalue weighted by Gasteiger charge is 2.24. The van der Waals surface area contributed by atoms with Gasteiger partial charge in [-0.25, -0.2) is 0 Å². The third-order valence-electron chi connectivity index (χ3n) is 4.43. The summed E-state index contributed by atoms with van der Waals surface area (Å²) >= 11 is 6.45. The van der Waals surface area contributed by atoms with Gasteiger partial charge in [-0.3, -0.25) is 0 Å².